The van der Waals surface area contributed by atoms with Gasteiger partial charge in [-0.25, -0.2) is 0 Å². The Bertz CT molecular complexity index is 430. The molecule has 116 valence electrons. The van der Waals surface area contributed by atoms with Crippen LogP contribution in [0.2, 0.25) is 0 Å². The summed E-state index contributed by atoms with van der Waals surface area (Å²) < 4.78 is 6.03. The van der Waals surface area contributed by atoms with Crippen molar-refractivity contribution in [3.05, 3.63) is 29.3 Å². The topological polar surface area (TPSA) is 9.23 Å². The van der Waals surface area contributed by atoms with Crippen molar-refractivity contribution in [2.24, 2.45) is 0 Å². The van der Waals surface area contributed by atoms with Gasteiger partial charge in [0.25, 0.3) is 0 Å². The number of rotatable bonds is 3. The van der Waals surface area contributed by atoms with Gasteiger partial charge < -0.3 is 21.7 Å². The molecule has 1 rings (SSSR count). The summed E-state index contributed by atoms with van der Waals surface area (Å²) in [6.45, 7) is 17.6. The molecule has 1 atom stereocenters. The molecule has 0 spiro atoms. The second-order valence-electron chi connectivity index (χ2n) is 7.47. The van der Waals surface area contributed by atoms with Crippen LogP contribution in [0.1, 0.15) is 72.9 Å². The minimum absolute atomic E-state index is 0. The van der Waals surface area contributed by atoms with Crippen molar-refractivity contribution in [2.45, 2.75) is 78.7 Å². The van der Waals surface area contributed by atoms with Gasteiger partial charge in [0.05, 0.1) is 6.10 Å². The van der Waals surface area contributed by atoms with E-state index in [9.17, 15) is 0 Å². The molecule has 3 heteroatoms. The monoisotopic (exact) mass is 364 g/mol. The Balaban J connectivity index is 0. The molecule has 1 aromatic carbocycles. The van der Waals surface area contributed by atoms with Gasteiger partial charge in [0.1, 0.15) is 0 Å². The summed E-state index contributed by atoms with van der Waals surface area (Å²) in [5.74, 6) is 0.912. The van der Waals surface area contributed by atoms with E-state index >= 15 is 0 Å². The minimum atomic E-state index is 0. The van der Waals surface area contributed by atoms with Crippen molar-refractivity contribution < 1.29 is 21.7 Å². The molecule has 1 unspecified atom stereocenters. The Labute approximate surface area is 158 Å². The maximum Gasteiger partial charge on any atom is 2.00 e. The largest absolute Gasteiger partial charge is 2.00 e. The first-order valence-electron chi connectivity index (χ1n) is 7.29. The Morgan fingerprint density at radius 1 is 1.10 bits per heavy atom. The molecule has 21 heavy (non-hydrogen) atoms. The van der Waals surface area contributed by atoms with Crippen molar-refractivity contribution in [3.63, 3.8) is 0 Å². The quantitative estimate of drug-likeness (QED) is 0.587. The number of hydrogen-bond acceptors (Lipinski definition) is 1. The number of benzene rings is 1. The van der Waals surface area contributed by atoms with Gasteiger partial charge in [0.15, 0.2) is 0 Å². The third-order valence-corrected chi connectivity index (χ3v) is 3.47. The summed E-state index contributed by atoms with van der Waals surface area (Å²) in [5.41, 5.74) is 2.78. The van der Waals surface area contributed by atoms with Crippen LogP contribution in [0.15, 0.2) is 12.1 Å². The van der Waals surface area contributed by atoms with E-state index in [2.05, 4.69) is 73.6 Å². The average Bonchev–Trinajstić information content (AvgIpc) is 2.26. The fraction of sp³-hybridized carbons (Fsp3) is 0.667. The number of ether oxygens (including phenoxy) is 1. The van der Waals surface area contributed by atoms with Gasteiger partial charge in [-0.3, -0.25) is 0 Å². The second kappa shape index (κ2) is 8.78. The maximum atomic E-state index is 6.03. The van der Waals surface area contributed by atoms with E-state index in [0.717, 1.165) is 12.2 Å². The number of hydrogen-bond donors (Lipinski definition) is 0. The standard InChI is InChI=1S/C18H29O.BrH.Mg/c1-9-13(2)19-16-11-10-14(17(3,4)5)12-15(16)18(6,7)8;;/h10,12-13H,9H2,1-8H3;1H;/q-1;;+2/p-1. The molecule has 0 fully saturated rings. The van der Waals surface area contributed by atoms with Gasteiger partial charge in [-0.15, -0.1) is 11.6 Å². The molecule has 0 heterocycles. The van der Waals surface area contributed by atoms with Gasteiger partial charge in [-0.1, -0.05) is 59.3 Å². The first-order chi connectivity index (χ1) is 8.55. The predicted molar refractivity (Wildman–Crippen MR) is 88.8 cm³/mol. The van der Waals surface area contributed by atoms with Crippen LogP contribution in [0.5, 0.6) is 5.75 Å². The molecule has 0 aliphatic heterocycles. The molecule has 0 radical (unpaired) electrons. The van der Waals surface area contributed by atoms with Crippen molar-refractivity contribution in [2.75, 3.05) is 0 Å². The zero-order valence-corrected chi connectivity index (χ0v) is 17.9. The van der Waals surface area contributed by atoms with E-state index in [4.69, 9.17) is 4.74 Å². The van der Waals surface area contributed by atoms with E-state index in [1.165, 1.54) is 11.1 Å². The van der Waals surface area contributed by atoms with Gasteiger partial charge >= 0.3 is 23.1 Å². The zero-order chi connectivity index (χ0) is 14.8. The molecule has 0 bridgehead atoms. The molecule has 1 aromatic rings. The average molecular weight is 366 g/mol. The van der Waals surface area contributed by atoms with Crippen molar-refractivity contribution >= 4 is 23.1 Å². The first kappa shape index (κ1) is 23.5. The SMILES string of the molecule is CCC(C)Oc1[c-]cc(C(C)(C)C)cc1C(C)(C)C.[Br-].[Mg+2]. The van der Waals surface area contributed by atoms with Crippen LogP contribution in [0.25, 0.3) is 0 Å². The van der Waals surface area contributed by atoms with Gasteiger partial charge in [0, 0.05) is 5.75 Å². The van der Waals surface area contributed by atoms with Crippen LogP contribution in [0.3, 0.4) is 0 Å². The summed E-state index contributed by atoms with van der Waals surface area (Å²) in [6.07, 6.45) is 1.25. The summed E-state index contributed by atoms with van der Waals surface area (Å²) in [7, 11) is 0. The smallest absolute Gasteiger partial charge is 1.00 e. The van der Waals surface area contributed by atoms with E-state index < -0.39 is 0 Å². The van der Waals surface area contributed by atoms with E-state index in [0.29, 0.717) is 0 Å². The Hall–Kier alpha value is 0.266. The molecule has 0 aromatic heterocycles. The fourth-order valence-corrected chi connectivity index (χ4v) is 1.86. The zero-order valence-electron chi connectivity index (χ0n) is 14.9. The molecule has 0 amide bonds. The van der Waals surface area contributed by atoms with Gasteiger partial charge in [-0.05, 0) is 13.3 Å². The summed E-state index contributed by atoms with van der Waals surface area (Å²) in [6, 6.07) is 7.72. The van der Waals surface area contributed by atoms with Crippen LogP contribution in [-0.2, 0) is 10.8 Å². The number of halogens is 1. The second-order valence-corrected chi connectivity index (χ2v) is 7.47. The molecule has 1 nitrogen and oxygen atoms in total. The van der Waals surface area contributed by atoms with Crippen molar-refractivity contribution in [1.82, 2.24) is 0 Å². The summed E-state index contributed by atoms with van der Waals surface area (Å²) in [4.78, 5) is 0. The molecule has 0 saturated heterocycles. The molecular formula is C18H29BrMgO. The first-order valence-corrected chi connectivity index (χ1v) is 7.29. The molecule has 0 aliphatic rings. The summed E-state index contributed by atoms with van der Waals surface area (Å²) in [5, 5.41) is 0. The normalized spacial score (nSPS) is 13.0. The molecule has 0 N–H and O–H groups in total. The Kier molecular flexibility index (Phi) is 9.84. The third kappa shape index (κ3) is 6.92. The Morgan fingerprint density at radius 3 is 2.00 bits per heavy atom. The fourth-order valence-electron chi connectivity index (χ4n) is 1.86. The van der Waals surface area contributed by atoms with Crippen LogP contribution in [0, 0.1) is 6.07 Å². The molecule has 0 saturated carbocycles. The summed E-state index contributed by atoms with van der Waals surface area (Å²) >= 11 is 0. The minimum Gasteiger partial charge on any atom is -1.00 e. The van der Waals surface area contributed by atoms with Crippen LogP contribution < -0.4 is 21.7 Å². The van der Waals surface area contributed by atoms with Crippen LogP contribution >= 0.6 is 0 Å². The Morgan fingerprint density at radius 2 is 1.62 bits per heavy atom. The van der Waals surface area contributed by atoms with Crippen LogP contribution in [0.4, 0.5) is 0 Å². The van der Waals surface area contributed by atoms with E-state index in [-0.39, 0.29) is 57.0 Å². The van der Waals surface area contributed by atoms with Crippen LogP contribution in [-0.4, -0.2) is 29.2 Å². The van der Waals surface area contributed by atoms with Gasteiger partial charge in [0.2, 0.25) is 0 Å². The third-order valence-electron chi connectivity index (χ3n) is 3.47. The van der Waals surface area contributed by atoms with Gasteiger partial charge in [-0.2, -0.15) is 17.7 Å². The van der Waals surface area contributed by atoms with Crippen molar-refractivity contribution in [3.8, 4) is 5.75 Å². The van der Waals surface area contributed by atoms with E-state index in [1.807, 2.05) is 0 Å². The maximum absolute atomic E-state index is 6.03. The van der Waals surface area contributed by atoms with E-state index in [1.54, 1.807) is 0 Å². The molecule has 0 aliphatic carbocycles. The predicted octanol–water partition coefficient (Wildman–Crippen LogP) is 1.88. The van der Waals surface area contributed by atoms with Crippen molar-refractivity contribution in [1.29, 1.82) is 0 Å². The molecular weight excluding hydrogens is 336 g/mol.